The molecule has 0 aliphatic carbocycles. The lowest BCUT2D eigenvalue weighted by atomic mass is 10.0. The SMILES string of the molecule is COc1cc(C(O)C(O)CSC(C)=O)ccc1C=O. The van der Waals surface area contributed by atoms with E-state index in [1.165, 1.54) is 26.2 Å². The van der Waals surface area contributed by atoms with Crippen molar-refractivity contribution in [3.8, 4) is 5.75 Å². The van der Waals surface area contributed by atoms with Gasteiger partial charge in [0.25, 0.3) is 0 Å². The number of aldehydes is 1. The van der Waals surface area contributed by atoms with E-state index in [0.717, 1.165) is 11.8 Å². The molecule has 2 N–H and O–H groups in total. The molecule has 5 nitrogen and oxygen atoms in total. The quantitative estimate of drug-likeness (QED) is 0.763. The molecule has 1 rings (SSSR count). The van der Waals surface area contributed by atoms with Crippen LogP contribution in [-0.4, -0.2) is 40.6 Å². The molecule has 2 unspecified atom stereocenters. The topological polar surface area (TPSA) is 83.8 Å². The van der Waals surface area contributed by atoms with Gasteiger partial charge >= 0.3 is 0 Å². The molecule has 0 bridgehead atoms. The van der Waals surface area contributed by atoms with Gasteiger partial charge in [0.1, 0.15) is 11.9 Å². The molecule has 0 saturated carbocycles. The fourth-order valence-electron chi connectivity index (χ4n) is 1.53. The number of benzene rings is 1. The molecule has 0 amide bonds. The van der Waals surface area contributed by atoms with E-state index < -0.39 is 12.2 Å². The van der Waals surface area contributed by atoms with Crippen molar-refractivity contribution in [3.63, 3.8) is 0 Å². The highest BCUT2D eigenvalue weighted by Gasteiger charge is 2.20. The Kier molecular flexibility index (Phi) is 6.01. The summed E-state index contributed by atoms with van der Waals surface area (Å²) < 4.78 is 5.02. The van der Waals surface area contributed by atoms with Crippen LogP contribution in [0.3, 0.4) is 0 Å². The highest BCUT2D eigenvalue weighted by atomic mass is 32.2. The van der Waals surface area contributed by atoms with Crippen LogP contribution < -0.4 is 4.74 Å². The standard InChI is InChI=1S/C13H16O5S/c1-8(15)19-7-11(16)13(17)9-3-4-10(6-14)12(5-9)18-2/h3-6,11,13,16-17H,7H2,1-2H3. The highest BCUT2D eigenvalue weighted by Crippen LogP contribution is 2.26. The first-order valence-electron chi connectivity index (χ1n) is 5.62. The largest absolute Gasteiger partial charge is 0.496 e. The lowest BCUT2D eigenvalue weighted by Crippen LogP contribution is -2.21. The first-order valence-corrected chi connectivity index (χ1v) is 6.60. The average molecular weight is 284 g/mol. The molecule has 0 saturated heterocycles. The number of thioether (sulfide) groups is 1. The van der Waals surface area contributed by atoms with Crippen LogP contribution >= 0.6 is 11.8 Å². The molecule has 2 atom stereocenters. The van der Waals surface area contributed by atoms with Crippen molar-refractivity contribution in [1.29, 1.82) is 0 Å². The van der Waals surface area contributed by atoms with E-state index in [0.29, 0.717) is 23.2 Å². The van der Waals surface area contributed by atoms with E-state index in [2.05, 4.69) is 0 Å². The zero-order valence-corrected chi connectivity index (χ0v) is 11.5. The smallest absolute Gasteiger partial charge is 0.185 e. The second-order valence-corrected chi connectivity index (χ2v) is 5.13. The third-order valence-electron chi connectivity index (χ3n) is 2.55. The van der Waals surface area contributed by atoms with Gasteiger partial charge < -0.3 is 14.9 Å². The second-order valence-electron chi connectivity index (χ2n) is 3.93. The summed E-state index contributed by atoms with van der Waals surface area (Å²) in [7, 11) is 1.42. The Morgan fingerprint density at radius 2 is 2.16 bits per heavy atom. The van der Waals surface area contributed by atoms with E-state index in [-0.39, 0.29) is 10.9 Å². The first kappa shape index (κ1) is 15.7. The predicted octanol–water partition coefficient (Wildman–Crippen LogP) is 1.18. The van der Waals surface area contributed by atoms with Crippen LogP contribution in [0.25, 0.3) is 0 Å². The molecule has 0 aromatic heterocycles. The van der Waals surface area contributed by atoms with Gasteiger partial charge in [-0.25, -0.2) is 0 Å². The maximum atomic E-state index is 10.8. The van der Waals surface area contributed by atoms with E-state index in [1.807, 2.05) is 0 Å². The van der Waals surface area contributed by atoms with Gasteiger partial charge in [-0.05, 0) is 17.7 Å². The van der Waals surface area contributed by atoms with Crippen molar-refractivity contribution in [2.24, 2.45) is 0 Å². The van der Waals surface area contributed by atoms with Gasteiger partial charge in [-0.15, -0.1) is 0 Å². The third-order valence-corrected chi connectivity index (χ3v) is 3.46. The fourth-order valence-corrected chi connectivity index (χ4v) is 2.11. The molecule has 19 heavy (non-hydrogen) atoms. The average Bonchev–Trinajstić information content (AvgIpc) is 2.42. The summed E-state index contributed by atoms with van der Waals surface area (Å²) in [6.07, 6.45) is -1.56. The normalized spacial score (nSPS) is 13.7. The second kappa shape index (κ2) is 7.28. The van der Waals surface area contributed by atoms with Gasteiger partial charge in [0.2, 0.25) is 0 Å². The van der Waals surface area contributed by atoms with E-state index in [9.17, 15) is 19.8 Å². The lowest BCUT2D eigenvalue weighted by Gasteiger charge is -2.18. The number of aliphatic hydroxyl groups is 2. The van der Waals surface area contributed by atoms with Gasteiger partial charge in [0, 0.05) is 12.7 Å². The fraction of sp³-hybridized carbons (Fsp3) is 0.385. The van der Waals surface area contributed by atoms with Gasteiger partial charge in [0.15, 0.2) is 11.4 Å². The van der Waals surface area contributed by atoms with E-state index in [1.54, 1.807) is 6.07 Å². The maximum absolute atomic E-state index is 10.8. The van der Waals surface area contributed by atoms with Crippen LogP contribution in [0, 0.1) is 0 Å². The van der Waals surface area contributed by atoms with Crippen LogP contribution in [-0.2, 0) is 4.79 Å². The minimum absolute atomic E-state index is 0.105. The molecular weight excluding hydrogens is 268 g/mol. The summed E-state index contributed by atoms with van der Waals surface area (Å²) in [6.45, 7) is 1.39. The number of rotatable bonds is 6. The van der Waals surface area contributed by atoms with Crippen LogP contribution in [0.1, 0.15) is 28.9 Å². The Hall–Kier alpha value is -1.37. The molecule has 1 aromatic rings. The van der Waals surface area contributed by atoms with Crippen molar-refractivity contribution in [1.82, 2.24) is 0 Å². The van der Waals surface area contributed by atoms with Gasteiger partial charge in [-0.3, -0.25) is 9.59 Å². The van der Waals surface area contributed by atoms with Crippen molar-refractivity contribution < 1.29 is 24.5 Å². The van der Waals surface area contributed by atoms with Crippen LogP contribution in [0.4, 0.5) is 0 Å². The zero-order chi connectivity index (χ0) is 14.4. The van der Waals surface area contributed by atoms with Crippen molar-refractivity contribution in [2.45, 2.75) is 19.1 Å². The van der Waals surface area contributed by atoms with Crippen molar-refractivity contribution >= 4 is 23.2 Å². The molecule has 6 heteroatoms. The molecule has 0 fully saturated rings. The Bertz CT molecular complexity index is 460. The van der Waals surface area contributed by atoms with Crippen LogP contribution in [0.5, 0.6) is 5.75 Å². The van der Waals surface area contributed by atoms with Crippen LogP contribution in [0.2, 0.25) is 0 Å². The van der Waals surface area contributed by atoms with Crippen molar-refractivity contribution in [2.75, 3.05) is 12.9 Å². The number of hydrogen-bond donors (Lipinski definition) is 2. The number of methoxy groups -OCH3 is 1. The minimum atomic E-state index is -1.14. The van der Waals surface area contributed by atoms with Gasteiger partial charge in [-0.2, -0.15) is 0 Å². The molecule has 0 aliphatic rings. The minimum Gasteiger partial charge on any atom is -0.496 e. The molecule has 0 radical (unpaired) electrons. The third kappa shape index (κ3) is 4.34. The summed E-state index contributed by atoms with van der Waals surface area (Å²) in [5.41, 5.74) is 0.796. The van der Waals surface area contributed by atoms with Crippen molar-refractivity contribution in [3.05, 3.63) is 29.3 Å². The molecule has 0 spiro atoms. The Labute approximate surface area is 115 Å². The number of aliphatic hydroxyl groups excluding tert-OH is 2. The summed E-state index contributed by atoms with van der Waals surface area (Å²) in [5, 5.41) is 19.6. The highest BCUT2D eigenvalue weighted by molar-refractivity contribution is 8.13. The molecule has 104 valence electrons. The number of ether oxygens (including phenoxy) is 1. The molecule has 0 aliphatic heterocycles. The monoisotopic (exact) mass is 284 g/mol. The summed E-state index contributed by atoms with van der Waals surface area (Å²) in [4.78, 5) is 21.5. The lowest BCUT2D eigenvalue weighted by molar-refractivity contribution is -0.109. The Morgan fingerprint density at radius 1 is 1.47 bits per heavy atom. The number of carbonyl (C=O) groups is 2. The summed E-state index contributed by atoms with van der Waals surface area (Å²) in [5.74, 6) is 0.437. The Balaban J connectivity index is 2.84. The van der Waals surface area contributed by atoms with Crippen LogP contribution in [0.15, 0.2) is 18.2 Å². The maximum Gasteiger partial charge on any atom is 0.185 e. The predicted molar refractivity (Wildman–Crippen MR) is 72.5 cm³/mol. The molecule has 1 aromatic carbocycles. The molecule has 0 heterocycles. The number of carbonyl (C=O) groups excluding carboxylic acids is 2. The van der Waals surface area contributed by atoms with E-state index in [4.69, 9.17) is 4.74 Å². The van der Waals surface area contributed by atoms with Gasteiger partial charge in [-0.1, -0.05) is 17.8 Å². The number of hydrogen-bond acceptors (Lipinski definition) is 6. The summed E-state index contributed by atoms with van der Waals surface area (Å²) in [6, 6.07) is 4.55. The van der Waals surface area contributed by atoms with E-state index >= 15 is 0 Å². The molecular formula is C13H16O5S. The van der Waals surface area contributed by atoms with Gasteiger partial charge in [0.05, 0.1) is 18.8 Å². The summed E-state index contributed by atoms with van der Waals surface area (Å²) >= 11 is 0.944. The Morgan fingerprint density at radius 3 is 2.68 bits per heavy atom. The first-order chi connectivity index (χ1) is 8.99. The zero-order valence-electron chi connectivity index (χ0n) is 10.7.